The molecule has 2 aromatic carbocycles. The molecular formula is C19H24IN5O. The normalized spacial score (nSPS) is 11.2. The average molecular weight is 465 g/mol. The van der Waals surface area contributed by atoms with Crippen LogP contribution in [0.1, 0.15) is 12.2 Å². The second-order valence-electron chi connectivity index (χ2n) is 5.78. The van der Waals surface area contributed by atoms with Gasteiger partial charge in [0.1, 0.15) is 11.6 Å². The van der Waals surface area contributed by atoms with E-state index in [0.717, 1.165) is 41.3 Å². The largest absolute Gasteiger partial charge is 0.497 e. The lowest BCUT2D eigenvalue weighted by molar-refractivity contribution is 0.415. The van der Waals surface area contributed by atoms with E-state index in [2.05, 4.69) is 25.9 Å². The number of nitrogens with zero attached hydrogens (tertiary/aromatic N) is 3. The van der Waals surface area contributed by atoms with Crippen molar-refractivity contribution in [2.45, 2.75) is 19.9 Å². The Labute approximate surface area is 170 Å². The number of imidazole rings is 1. The topological polar surface area (TPSA) is 77.5 Å². The third-order valence-corrected chi connectivity index (χ3v) is 4.01. The Bertz CT molecular complexity index is 891. The number of halogens is 1. The molecule has 3 aromatic rings. The van der Waals surface area contributed by atoms with Crippen molar-refractivity contribution in [3.8, 4) is 5.75 Å². The molecule has 26 heavy (non-hydrogen) atoms. The van der Waals surface area contributed by atoms with Crippen LogP contribution in [-0.4, -0.2) is 29.2 Å². The lowest BCUT2D eigenvalue weighted by Gasteiger charge is -2.08. The maximum absolute atomic E-state index is 5.96. The number of nitrogens with one attached hydrogen (secondary N) is 1. The third kappa shape index (κ3) is 4.87. The molecule has 0 bridgehead atoms. The van der Waals surface area contributed by atoms with Gasteiger partial charge in [0.2, 0.25) is 0 Å². The zero-order chi connectivity index (χ0) is 17.6. The fourth-order valence-corrected chi connectivity index (χ4v) is 2.79. The minimum atomic E-state index is 0. The van der Waals surface area contributed by atoms with Crippen molar-refractivity contribution in [2.75, 3.05) is 19.0 Å². The Kier molecular flexibility index (Phi) is 7.26. The number of aliphatic imine (C=N–C) groups is 1. The van der Waals surface area contributed by atoms with E-state index in [0.29, 0.717) is 12.5 Å². The van der Waals surface area contributed by atoms with Gasteiger partial charge in [0.05, 0.1) is 18.1 Å². The van der Waals surface area contributed by atoms with Gasteiger partial charge >= 0.3 is 0 Å². The molecule has 0 amide bonds. The summed E-state index contributed by atoms with van der Waals surface area (Å²) in [7, 11) is 1.64. The number of hydrogen-bond acceptors (Lipinski definition) is 3. The van der Waals surface area contributed by atoms with E-state index in [1.54, 1.807) is 7.11 Å². The summed E-state index contributed by atoms with van der Waals surface area (Å²) in [6.45, 7) is 3.54. The van der Waals surface area contributed by atoms with Crippen LogP contribution >= 0.6 is 24.0 Å². The minimum Gasteiger partial charge on any atom is -0.497 e. The van der Waals surface area contributed by atoms with Crippen molar-refractivity contribution < 1.29 is 4.74 Å². The fourth-order valence-electron chi connectivity index (χ4n) is 2.79. The first-order valence-electron chi connectivity index (χ1n) is 8.30. The molecule has 7 heteroatoms. The molecule has 138 valence electrons. The maximum Gasteiger partial charge on any atom is 0.193 e. The van der Waals surface area contributed by atoms with E-state index < -0.39 is 0 Å². The Hall–Kier alpha value is -2.29. The highest BCUT2D eigenvalue weighted by molar-refractivity contribution is 14.0. The van der Waals surface area contributed by atoms with Crippen molar-refractivity contribution in [1.29, 1.82) is 0 Å². The van der Waals surface area contributed by atoms with Gasteiger partial charge in [0.15, 0.2) is 5.96 Å². The van der Waals surface area contributed by atoms with Crippen LogP contribution in [0, 0.1) is 6.92 Å². The summed E-state index contributed by atoms with van der Waals surface area (Å²) in [6, 6.07) is 15.8. The number of methoxy groups -OCH3 is 1. The van der Waals surface area contributed by atoms with Gasteiger partial charge in [-0.2, -0.15) is 0 Å². The Morgan fingerprint density at radius 1 is 1.23 bits per heavy atom. The van der Waals surface area contributed by atoms with E-state index >= 15 is 0 Å². The molecule has 0 spiro atoms. The standard InChI is InChI=1S/C19H23N5O.HI/c1-14-22-17-9-3-4-10-18(17)24(14)12-6-11-21-19(20)23-15-7-5-8-16(13-15)25-2;/h3-5,7-10,13H,6,11-12H2,1-2H3,(H3,20,21,23);1H. The lowest BCUT2D eigenvalue weighted by Crippen LogP contribution is -2.23. The summed E-state index contributed by atoms with van der Waals surface area (Å²) in [4.78, 5) is 8.97. The van der Waals surface area contributed by atoms with Crippen LogP contribution in [-0.2, 0) is 6.54 Å². The summed E-state index contributed by atoms with van der Waals surface area (Å²) >= 11 is 0. The molecule has 1 aromatic heterocycles. The van der Waals surface area contributed by atoms with Gasteiger partial charge in [-0.3, -0.25) is 4.99 Å². The molecule has 6 nitrogen and oxygen atoms in total. The lowest BCUT2D eigenvalue weighted by atomic mass is 10.3. The molecule has 3 N–H and O–H groups in total. The summed E-state index contributed by atoms with van der Waals surface area (Å²) in [5.41, 5.74) is 9.00. The molecular weight excluding hydrogens is 441 g/mol. The zero-order valence-electron chi connectivity index (χ0n) is 15.0. The number of aryl methyl sites for hydroxylation is 2. The molecule has 0 aliphatic heterocycles. The highest BCUT2D eigenvalue weighted by Gasteiger charge is 2.05. The van der Waals surface area contributed by atoms with Crippen LogP contribution in [0.15, 0.2) is 53.5 Å². The SMILES string of the molecule is COc1cccc(NC(N)=NCCCn2c(C)nc3ccccc32)c1.I. The van der Waals surface area contributed by atoms with E-state index in [4.69, 9.17) is 10.5 Å². The van der Waals surface area contributed by atoms with Gasteiger partial charge in [-0.05, 0) is 37.6 Å². The van der Waals surface area contributed by atoms with Gasteiger partial charge in [0.25, 0.3) is 0 Å². The molecule has 0 atom stereocenters. The van der Waals surface area contributed by atoms with Crippen LogP contribution in [0.4, 0.5) is 5.69 Å². The number of rotatable bonds is 6. The molecule has 0 saturated heterocycles. The van der Waals surface area contributed by atoms with Crippen LogP contribution in [0.3, 0.4) is 0 Å². The van der Waals surface area contributed by atoms with Gasteiger partial charge in [-0.15, -0.1) is 24.0 Å². The number of fused-ring (bicyclic) bond motifs is 1. The smallest absolute Gasteiger partial charge is 0.193 e. The Morgan fingerprint density at radius 2 is 2.04 bits per heavy atom. The number of benzene rings is 2. The molecule has 0 saturated carbocycles. The van der Waals surface area contributed by atoms with Gasteiger partial charge in [-0.1, -0.05) is 18.2 Å². The third-order valence-electron chi connectivity index (χ3n) is 4.01. The number of anilines is 1. The summed E-state index contributed by atoms with van der Waals surface area (Å²) in [5.74, 6) is 2.20. The van der Waals surface area contributed by atoms with Gasteiger partial charge in [0, 0.05) is 24.8 Å². The van der Waals surface area contributed by atoms with Crippen molar-refractivity contribution in [3.05, 3.63) is 54.4 Å². The number of guanidine groups is 1. The first kappa shape index (κ1) is 20.0. The molecule has 3 rings (SSSR count). The summed E-state index contributed by atoms with van der Waals surface area (Å²) in [5, 5.41) is 3.08. The fraction of sp³-hybridized carbons (Fsp3) is 0.263. The molecule has 0 fully saturated rings. The van der Waals surface area contributed by atoms with Crippen molar-refractivity contribution in [1.82, 2.24) is 9.55 Å². The van der Waals surface area contributed by atoms with Crippen molar-refractivity contribution in [2.24, 2.45) is 10.7 Å². The predicted molar refractivity (Wildman–Crippen MR) is 118 cm³/mol. The van der Waals surface area contributed by atoms with E-state index in [9.17, 15) is 0 Å². The number of para-hydroxylation sites is 2. The summed E-state index contributed by atoms with van der Waals surface area (Å²) in [6.07, 6.45) is 0.891. The first-order valence-corrected chi connectivity index (χ1v) is 8.30. The zero-order valence-corrected chi connectivity index (χ0v) is 17.3. The van der Waals surface area contributed by atoms with Crippen molar-refractivity contribution >= 4 is 46.7 Å². The van der Waals surface area contributed by atoms with Gasteiger partial charge < -0.3 is 20.4 Å². The molecule has 0 aliphatic rings. The second-order valence-corrected chi connectivity index (χ2v) is 5.78. The monoisotopic (exact) mass is 465 g/mol. The highest BCUT2D eigenvalue weighted by Crippen LogP contribution is 2.17. The van der Waals surface area contributed by atoms with Crippen LogP contribution in [0.5, 0.6) is 5.75 Å². The van der Waals surface area contributed by atoms with E-state index in [-0.39, 0.29) is 24.0 Å². The first-order chi connectivity index (χ1) is 12.2. The van der Waals surface area contributed by atoms with Gasteiger partial charge in [-0.25, -0.2) is 4.98 Å². The number of ether oxygens (including phenoxy) is 1. The van der Waals surface area contributed by atoms with E-state index in [1.165, 1.54) is 0 Å². The quantitative estimate of drug-likeness (QED) is 0.251. The maximum atomic E-state index is 5.96. The van der Waals surface area contributed by atoms with Crippen LogP contribution in [0.25, 0.3) is 11.0 Å². The number of hydrogen-bond donors (Lipinski definition) is 2. The molecule has 0 radical (unpaired) electrons. The Balaban J connectivity index is 0.00000243. The minimum absolute atomic E-state index is 0. The van der Waals surface area contributed by atoms with Crippen LogP contribution < -0.4 is 15.8 Å². The van der Waals surface area contributed by atoms with E-state index in [1.807, 2.05) is 49.4 Å². The average Bonchev–Trinajstić information content (AvgIpc) is 2.94. The number of nitrogens with two attached hydrogens (primary N) is 1. The number of aromatic nitrogens is 2. The van der Waals surface area contributed by atoms with Crippen molar-refractivity contribution in [3.63, 3.8) is 0 Å². The highest BCUT2D eigenvalue weighted by atomic mass is 127. The molecule has 0 aliphatic carbocycles. The van der Waals surface area contributed by atoms with Crippen LogP contribution in [0.2, 0.25) is 0 Å². The molecule has 1 heterocycles. The summed E-state index contributed by atoms with van der Waals surface area (Å²) < 4.78 is 7.41. The Morgan fingerprint density at radius 3 is 2.85 bits per heavy atom. The predicted octanol–water partition coefficient (Wildman–Crippen LogP) is 3.79. The molecule has 0 unspecified atom stereocenters. The second kappa shape index (κ2) is 9.42.